The predicted octanol–water partition coefficient (Wildman–Crippen LogP) is 3.65. The normalized spacial score (nSPS) is 14.5. The van der Waals surface area contributed by atoms with Crippen LogP contribution in [-0.2, 0) is 17.7 Å². The number of nitrogens with one attached hydrogen (secondary N) is 2. The molecule has 9 nitrogen and oxygen atoms in total. The van der Waals surface area contributed by atoms with Crippen LogP contribution < -0.4 is 10.1 Å². The lowest BCUT2D eigenvalue weighted by Gasteiger charge is -2.26. The largest absolute Gasteiger partial charge is 0.465 e. The van der Waals surface area contributed by atoms with Crippen molar-refractivity contribution in [1.29, 1.82) is 0 Å². The van der Waals surface area contributed by atoms with Gasteiger partial charge in [0, 0.05) is 37.8 Å². The molecule has 0 bridgehead atoms. The molecule has 0 spiro atoms. The number of nitrogens with zero attached hydrogens (tertiary/aromatic N) is 3. The van der Waals surface area contributed by atoms with E-state index in [1.165, 1.54) is 5.56 Å². The minimum absolute atomic E-state index is 0.177. The van der Waals surface area contributed by atoms with Crippen molar-refractivity contribution in [2.24, 2.45) is 0 Å². The van der Waals surface area contributed by atoms with Gasteiger partial charge >= 0.3 is 12.1 Å². The van der Waals surface area contributed by atoms with Gasteiger partial charge in [-0.3, -0.25) is 10.2 Å². The fourth-order valence-corrected chi connectivity index (χ4v) is 3.81. The highest BCUT2D eigenvalue weighted by atomic mass is 16.5. The lowest BCUT2D eigenvalue weighted by atomic mass is 10.0. The Bertz CT molecular complexity index is 1060. The molecule has 2 aromatic heterocycles. The molecule has 0 unspecified atom stereocenters. The van der Waals surface area contributed by atoms with E-state index in [1.807, 2.05) is 6.20 Å². The van der Waals surface area contributed by atoms with Crippen molar-refractivity contribution in [1.82, 2.24) is 19.9 Å². The highest BCUT2D eigenvalue weighted by Gasteiger charge is 2.16. The number of rotatable bonds is 9. The molecule has 9 heteroatoms. The second-order valence-corrected chi connectivity index (χ2v) is 7.91. The number of ether oxygens (including phenoxy) is 2. The Labute approximate surface area is 186 Å². The van der Waals surface area contributed by atoms with Gasteiger partial charge in [0.25, 0.3) is 0 Å². The number of benzene rings is 1. The summed E-state index contributed by atoms with van der Waals surface area (Å²) in [5.74, 6) is 0.196. The number of anilines is 1. The Morgan fingerprint density at radius 2 is 2.09 bits per heavy atom. The second kappa shape index (κ2) is 10.4. The first kappa shape index (κ1) is 22.0. The van der Waals surface area contributed by atoms with Gasteiger partial charge in [0.1, 0.15) is 11.0 Å². The van der Waals surface area contributed by atoms with Crippen LogP contribution in [-0.4, -0.2) is 64.0 Å². The number of aromatic amines is 1. The minimum Gasteiger partial charge on any atom is -0.465 e. The molecule has 3 N–H and O–H groups in total. The van der Waals surface area contributed by atoms with Crippen molar-refractivity contribution in [3.63, 3.8) is 0 Å². The van der Waals surface area contributed by atoms with Crippen LogP contribution in [0.4, 0.5) is 10.6 Å². The Balaban J connectivity index is 1.57. The van der Waals surface area contributed by atoms with E-state index in [1.54, 1.807) is 0 Å². The third kappa shape index (κ3) is 5.54. The predicted molar refractivity (Wildman–Crippen MR) is 121 cm³/mol. The average molecular weight is 440 g/mol. The standard InChI is InChI=1S/C23H29N5O4/c1-2-3-9-32-22-25-19-18(14-24-20(19)21(26-22)27-23(29)30)13-16-5-4-6-17(12-16)15-28-7-10-31-11-8-28/h4-6,12,14,24H,2-3,7-11,13,15H2,1H3,(H,29,30)(H,25,26,27). The first-order valence-corrected chi connectivity index (χ1v) is 11.0. The SMILES string of the molecule is CCCCOc1nc(NC(=O)O)c2[nH]cc(Cc3cccc(CN4CCOCC4)c3)c2n1. The van der Waals surface area contributed by atoms with Crippen LogP contribution in [0, 0.1) is 0 Å². The van der Waals surface area contributed by atoms with E-state index in [-0.39, 0.29) is 11.8 Å². The van der Waals surface area contributed by atoms with Gasteiger partial charge < -0.3 is 19.6 Å². The van der Waals surface area contributed by atoms with E-state index in [0.29, 0.717) is 24.1 Å². The number of amides is 1. The van der Waals surface area contributed by atoms with Crippen LogP contribution in [0.5, 0.6) is 6.01 Å². The number of hydrogen-bond acceptors (Lipinski definition) is 6. The molecule has 0 atom stereocenters. The molecule has 1 saturated heterocycles. The van der Waals surface area contributed by atoms with E-state index in [2.05, 4.69) is 56.4 Å². The zero-order valence-electron chi connectivity index (χ0n) is 18.3. The van der Waals surface area contributed by atoms with Crippen LogP contribution in [0.2, 0.25) is 0 Å². The molecular formula is C23H29N5O4. The maximum Gasteiger partial charge on any atom is 0.410 e. The summed E-state index contributed by atoms with van der Waals surface area (Å²) in [6.07, 6.45) is 3.19. The minimum atomic E-state index is -1.18. The summed E-state index contributed by atoms with van der Waals surface area (Å²) in [5, 5.41) is 11.5. The Morgan fingerprint density at radius 1 is 1.28 bits per heavy atom. The highest BCUT2D eigenvalue weighted by molar-refractivity contribution is 5.95. The molecule has 1 aromatic carbocycles. The number of unbranched alkanes of at least 4 members (excludes halogenated alkanes) is 1. The van der Waals surface area contributed by atoms with Crippen molar-refractivity contribution in [3.8, 4) is 6.01 Å². The third-order valence-electron chi connectivity index (χ3n) is 5.43. The van der Waals surface area contributed by atoms with Crippen LogP contribution in [0.1, 0.15) is 36.5 Å². The molecule has 1 fully saturated rings. The van der Waals surface area contributed by atoms with Crippen molar-refractivity contribution in [3.05, 3.63) is 47.2 Å². The van der Waals surface area contributed by atoms with Gasteiger partial charge in [0.2, 0.25) is 0 Å². The topological polar surface area (TPSA) is 113 Å². The molecule has 4 rings (SSSR count). The van der Waals surface area contributed by atoms with E-state index in [4.69, 9.17) is 9.47 Å². The Kier molecular flexibility index (Phi) is 7.18. The van der Waals surface area contributed by atoms with Gasteiger partial charge in [0.05, 0.1) is 19.8 Å². The molecule has 1 aliphatic rings. The van der Waals surface area contributed by atoms with Crippen molar-refractivity contribution in [2.45, 2.75) is 32.7 Å². The summed E-state index contributed by atoms with van der Waals surface area (Å²) < 4.78 is 11.1. The summed E-state index contributed by atoms with van der Waals surface area (Å²) >= 11 is 0. The molecule has 3 aromatic rings. The first-order chi connectivity index (χ1) is 15.6. The molecule has 170 valence electrons. The fourth-order valence-electron chi connectivity index (χ4n) is 3.81. The number of H-pyrrole nitrogens is 1. The van der Waals surface area contributed by atoms with Crippen LogP contribution in [0.15, 0.2) is 30.5 Å². The van der Waals surface area contributed by atoms with Gasteiger partial charge in [-0.2, -0.15) is 9.97 Å². The zero-order chi connectivity index (χ0) is 22.3. The first-order valence-electron chi connectivity index (χ1n) is 11.0. The van der Waals surface area contributed by atoms with Crippen LogP contribution >= 0.6 is 0 Å². The third-order valence-corrected chi connectivity index (χ3v) is 5.43. The maximum atomic E-state index is 11.2. The summed E-state index contributed by atoms with van der Waals surface area (Å²) in [6, 6.07) is 8.70. The van der Waals surface area contributed by atoms with Gasteiger partial charge in [-0.25, -0.2) is 4.79 Å². The maximum absolute atomic E-state index is 11.2. The lowest BCUT2D eigenvalue weighted by molar-refractivity contribution is 0.0342. The molecule has 0 aliphatic carbocycles. The quantitative estimate of drug-likeness (QED) is 0.436. The lowest BCUT2D eigenvalue weighted by Crippen LogP contribution is -2.35. The highest BCUT2D eigenvalue weighted by Crippen LogP contribution is 2.27. The number of hydrogen-bond donors (Lipinski definition) is 3. The van der Waals surface area contributed by atoms with Gasteiger partial charge in [-0.05, 0) is 17.5 Å². The Hall–Kier alpha value is -3.17. The summed E-state index contributed by atoms with van der Waals surface area (Å²) in [4.78, 5) is 25.6. The molecule has 3 heterocycles. The van der Waals surface area contributed by atoms with Crippen molar-refractivity contribution >= 4 is 22.9 Å². The molecule has 1 aliphatic heterocycles. The van der Waals surface area contributed by atoms with Gasteiger partial charge in [-0.1, -0.05) is 37.6 Å². The van der Waals surface area contributed by atoms with Crippen LogP contribution in [0.3, 0.4) is 0 Å². The summed E-state index contributed by atoms with van der Waals surface area (Å²) in [5.41, 5.74) is 4.59. The number of fused-ring (bicyclic) bond motifs is 1. The second-order valence-electron chi connectivity index (χ2n) is 7.91. The van der Waals surface area contributed by atoms with E-state index in [0.717, 1.165) is 56.8 Å². The number of aromatic nitrogens is 3. The number of carboxylic acid groups (broad SMARTS) is 1. The zero-order valence-corrected chi connectivity index (χ0v) is 18.3. The molecule has 1 amide bonds. The average Bonchev–Trinajstić information content (AvgIpc) is 3.17. The van der Waals surface area contributed by atoms with Gasteiger partial charge in [0.15, 0.2) is 5.82 Å². The smallest absolute Gasteiger partial charge is 0.410 e. The monoisotopic (exact) mass is 439 g/mol. The van der Waals surface area contributed by atoms with Gasteiger partial charge in [-0.15, -0.1) is 0 Å². The van der Waals surface area contributed by atoms with Crippen molar-refractivity contribution < 1.29 is 19.4 Å². The van der Waals surface area contributed by atoms with Crippen molar-refractivity contribution in [2.75, 3.05) is 38.2 Å². The molecular weight excluding hydrogens is 410 g/mol. The number of morpholine rings is 1. The van der Waals surface area contributed by atoms with E-state index < -0.39 is 6.09 Å². The molecule has 0 radical (unpaired) electrons. The summed E-state index contributed by atoms with van der Waals surface area (Å²) in [7, 11) is 0. The fraction of sp³-hybridized carbons (Fsp3) is 0.435. The number of carbonyl (C=O) groups is 1. The summed E-state index contributed by atoms with van der Waals surface area (Å²) in [6.45, 7) is 6.91. The van der Waals surface area contributed by atoms with E-state index >= 15 is 0 Å². The molecule has 0 saturated carbocycles. The van der Waals surface area contributed by atoms with Crippen LogP contribution in [0.25, 0.3) is 11.0 Å². The Morgan fingerprint density at radius 3 is 2.88 bits per heavy atom. The molecule has 32 heavy (non-hydrogen) atoms. The van der Waals surface area contributed by atoms with E-state index in [9.17, 15) is 9.90 Å².